The highest BCUT2D eigenvalue weighted by Gasteiger charge is 2.31. The largest absolute Gasteiger partial charge is 0.496 e. The van der Waals surface area contributed by atoms with Crippen molar-refractivity contribution in [3.05, 3.63) is 75.3 Å². The van der Waals surface area contributed by atoms with E-state index in [1.54, 1.807) is 31.5 Å². The van der Waals surface area contributed by atoms with E-state index in [1.165, 1.54) is 11.7 Å². The van der Waals surface area contributed by atoms with Gasteiger partial charge in [-0.25, -0.2) is 9.59 Å². The van der Waals surface area contributed by atoms with E-state index in [0.29, 0.717) is 42.8 Å². The van der Waals surface area contributed by atoms with Crippen LogP contribution >= 0.6 is 0 Å². The Bertz CT molecular complexity index is 1310. The van der Waals surface area contributed by atoms with Crippen molar-refractivity contribution >= 4 is 23.0 Å². The molecule has 0 unspecified atom stereocenters. The number of hydrogen-bond acceptors (Lipinski definition) is 6. The minimum absolute atomic E-state index is 0.0754. The van der Waals surface area contributed by atoms with Crippen LogP contribution in [0, 0.1) is 6.92 Å². The van der Waals surface area contributed by atoms with Gasteiger partial charge >= 0.3 is 12.1 Å². The Morgan fingerprint density at radius 3 is 2.60 bits per heavy atom. The number of piperidine rings is 1. The van der Waals surface area contributed by atoms with E-state index >= 15 is 0 Å². The number of carboxylic acid groups (broad SMARTS) is 1. The Hall–Kier alpha value is -4.01. The molecule has 35 heavy (non-hydrogen) atoms. The van der Waals surface area contributed by atoms with Crippen molar-refractivity contribution < 1.29 is 24.2 Å². The van der Waals surface area contributed by atoms with Gasteiger partial charge in [0, 0.05) is 40.7 Å². The average molecular weight is 478 g/mol. The van der Waals surface area contributed by atoms with Gasteiger partial charge in [-0.3, -0.25) is 9.47 Å². The number of carbonyl (C=O) groups excluding carboxylic acids is 1. The lowest BCUT2D eigenvalue weighted by Gasteiger charge is -2.39. The molecule has 182 valence electrons. The Kier molecular flexibility index (Phi) is 6.95. The number of hydrogen-bond donors (Lipinski definition) is 1. The summed E-state index contributed by atoms with van der Waals surface area (Å²) in [5.74, 6) is 0.286. The molecular weight excluding hydrogens is 450 g/mol. The zero-order valence-corrected chi connectivity index (χ0v) is 19.8. The Morgan fingerprint density at radius 1 is 1.23 bits per heavy atom. The third kappa shape index (κ3) is 4.66. The van der Waals surface area contributed by atoms with Crippen molar-refractivity contribution in [2.45, 2.75) is 38.4 Å². The number of nitrogens with zero attached hydrogens (tertiary/aromatic N) is 5. The first-order valence-corrected chi connectivity index (χ1v) is 11.2. The molecule has 2 atom stereocenters. The smallest absolute Gasteiger partial charge is 0.416 e. The molecule has 0 spiro atoms. The monoisotopic (exact) mass is 477 g/mol. The third-order valence-electron chi connectivity index (χ3n) is 6.63. The highest BCUT2D eigenvalue weighted by molar-refractivity contribution is 5.94. The lowest BCUT2D eigenvalue weighted by molar-refractivity contribution is 0.0600. The number of rotatable bonds is 6. The lowest BCUT2D eigenvalue weighted by atomic mass is 9.90. The molecule has 1 N–H and O–H groups in total. The van der Waals surface area contributed by atoms with Crippen LogP contribution in [0.3, 0.4) is 0 Å². The summed E-state index contributed by atoms with van der Waals surface area (Å²) in [5.41, 5.74) is 12.8. The maximum Gasteiger partial charge on any atom is 0.416 e. The number of ether oxygens (including phenoxy) is 2. The number of carbonyl (C=O) groups is 2. The van der Waals surface area contributed by atoms with E-state index in [1.807, 2.05) is 25.1 Å². The van der Waals surface area contributed by atoms with Crippen LogP contribution in [0.15, 0.2) is 47.7 Å². The van der Waals surface area contributed by atoms with Gasteiger partial charge in [-0.05, 0) is 67.2 Å². The maximum absolute atomic E-state index is 11.9. The zero-order valence-electron chi connectivity index (χ0n) is 19.8. The molecule has 3 aromatic rings. The molecule has 2 aromatic carbocycles. The number of methoxy groups -OCH3 is 2. The summed E-state index contributed by atoms with van der Waals surface area (Å²) in [6.45, 7) is 3.05. The van der Waals surface area contributed by atoms with Gasteiger partial charge in [0.2, 0.25) is 0 Å². The quantitative estimate of drug-likeness (QED) is 0.222. The molecule has 4 rings (SSSR count). The van der Waals surface area contributed by atoms with Gasteiger partial charge in [0.15, 0.2) is 0 Å². The standard InChI is InChI=1S/C25H27N5O5/c1-15-12-22(34-2)20(19-9-11-30(23(15)19)25(32)33)14-29-10-8-18(27-28-26)13-21(29)16-4-6-17(7-5-16)24(31)35-3/h4-7,9,11-12,18,21H,8,10,13-14H2,1-3H3,(H,32,33)/t18-,21-/m1/s1. The van der Waals surface area contributed by atoms with Gasteiger partial charge in [-0.2, -0.15) is 0 Å². The predicted molar refractivity (Wildman–Crippen MR) is 130 cm³/mol. The van der Waals surface area contributed by atoms with Crippen LogP contribution in [0.5, 0.6) is 5.75 Å². The van der Waals surface area contributed by atoms with Gasteiger partial charge in [-0.1, -0.05) is 17.2 Å². The average Bonchev–Trinajstić information content (AvgIpc) is 3.32. The second-order valence-electron chi connectivity index (χ2n) is 8.59. The SMILES string of the molecule is COC(=O)c1ccc([C@H]2C[C@H](N=[N+]=[N-])CCN2Cc2c(OC)cc(C)c3c2ccn3C(=O)O)cc1. The highest BCUT2D eigenvalue weighted by atomic mass is 16.5. The van der Waals surface area contributed by atoms with Crippen molar-refractivity contribution in [3.63, 3.8) is 0 Å². The zero-order chi connectivity index (χ0) is 25.1. The molecule has 0 amide bonds. The third-order valence-corrected chi connectivity index (χ3v) is 6.63. The fourth-order valence-corrected chi connectivity index (χ4v) is 4.94. The van der Waals surface area contributed by atoms with E-state index in [-0.39, 0.29) is 12.1 Å². The minimum atomic E-state index is -1.04. The summed E-state index contributed by atoms with van der Waals surface area (Å²) in [5, 5.41) is 14.4. The van der Waals surface area contributed by atoms with Crippen molar-refractivity contribution in [1.82, 2.24) is 9.47 Å². The second kappa shape index (κ2) is 10.1. The van der Waals surface area contributed by atoms with E-state index in [9.17, 15) is 14.7 Å². The molecule has 2 heterocycles. The molecule has 0 aliphatic carbocycles. The topological polar surface area (TPSA) is 130 Å². The predicted octanol–water partition coefficient (Wildman–Crippen LogP) is 5.29. The number of likely N-dealkylation sites (tertiary alicyclic amines) is 1. The Balaban J connectivity index is 1.75. The summed E-state index contributed by atoms with van der Waals surface area (Å²) in [4.78, 5) is 28.9. The number of fused-ring (bicyclic) bond motifs is 1. The van der Waals surface area contributed by atoms with Crippen LogP contribution in [0.25, 0.3) is 21.3 Å². The van der Waals surface area contributed by atoms with Crippen molar-refractivity contribution in [3.8, 4) is 5.75 Å². The normalized spacial score (nSPS) is 18.1. The molecule has 0 bridgehead atoms. The van der Waals surface area contributed by atoms with E-state index in [2.05, 4.69) is 14.9 Å². The molecule has 10 nitrogen and oxygen atoms in total. The molecule has 1 aliphatic rings. The number of aromatic nitrogens is 1. The summed E-state index contributed by atoms with van der Waals surface area (Å²) in [6.07, 6.45) is 1.83. The van der Waals surface area contributed by atoms with Crippen molar-refractivity contribution in [2.24, 2.45) is 5.11 Å². The molecule has 1 aliphatic heterocycles. The number of azide groups is 1. The highest BCUT2D eigenvalue weighted by Crippen LogP contribution is 2.38. The van der Waals surface area contributed by atoms with E-state index in [0.717, 1.165) is 22.1 Å². The minimum Gasteiger partial charge on any atom is -0.496 e. The van der Waals surface area contributed by atoms with Crippen LogP contribution in [0.2, 0.25) is 0 Å². The number of aryl methyl sites for hydroxylation is 1. The number of esters is 1. The second-order valence-corrected chi connectivity index (χ2v) is 8.59. The molecule has 10 heteroatoms. The van der Waals surface area contributed by atoms with Crippen LogP contribution in [0.4, 0.5) is 4.79 Å². The van der Waals surface area contributed by atoms with E-state index in [4.69, 9.17) is 15.0 Å². The van der Waals surface area contributed by atoms with Crippen LogP contribution in [0.1, 0.15) is 45.9 Å². The van der Waals surface area contributed by atoms with Gasteiger partial charge in [0.05, 0.1) is 25.3 Å². The first-order chi connectivity index (χ1) is 16.9. The van der Waals surface area contributed by atoms with Crippen molar-refractivity contribution in [2.75, 3.05) is 20.8 Å². The molecule has 1 aromatic heterocycles. The Morgan fingerprint density at radius 2 is 1.97 bits per heavy atom. The van der Waals surface area contributed by atoms with Crippen LogP contribution in [-0.4, -0.2) is 53.4 Å². The maximum atomic E-state index is 11.9. The fraction of sp³-hybridized carbons (Fsp3) is 0.360. The van der Waals surface area contributed by atoms with Gasteiger partial charge in [-0.15, -0.1) is 0 Å². The van der Waals surface area contributed by atoms with Gasteiger partial charge in [0.25, 0.3) is 0 Å². The molecule has 0 saturated carbocycles. The summed E-state index contributed by atoms with van der Waals surface area (Å²) >= 11 is 0. The summed E-state index contributed by atoms with van der Waals surface area (Å²) < 4.78 is 11.7. The van der Waals surface area contributed by atoms with Crippen molar-refractivity contribution in [1.29, 1.82) is 0 Å². The fourth-order valence-electron chi connectivity index (χ4n) is 4.94. The van der Waals surface area contributed by atoms with Crippen LogP contribution < -0.4 is 4.74 Å². The van der Waals surface area contributed by atoms with Gasteiger partial charge < -0.3 is 14.6 Å². The number of benzene rings is 2. The lowest BCUT2D eigenvalue weighted by Crippen LogP contribution is -2.38. The first kappa shape index (κ1) is 24.1. The Labute approximate surface area is 202 Å². The summed E-state index contributed by atoms with van der Waals surface area (Å²) in [7, 11) is 2.95. The first-order valence-electron chi connectivity index (χ1n) is 11.2. The van der Waals surface area contributed by atoms with E-state index < -0.39 is 12.1 Å². The van der Waals surface area contributed by atoms with Gasteiger partial charge in [0.1, 0.15) is 5.75 Å². The molecular formula is C25H27N5O5. The summed E-state index contributed by atoms with van der Waals surface area (Å²) in [6, 6.07) is 10.7. The molecule has 0 radical (unpaired) electrons. The van der Waals surface area contributed by atoms with Crippen LogP contribution in [-0.2, 0) is 11.3 Å². The molecule has 1 fully saturated rings. The molecule has 1 saturated heterocycles.